The number of hydrogen-bond donors (Lipinski definition) is 1. The van der Waals surface area contributed by atoms with Gasteiger partial charge in [-0.25, -0.2) is 4.98 Å². The van der Waals surface area contributed by atoms with Gasteiger partial charge in [-0.15, -0.1) is 0 Å². The van der Waals surface area contributed by atoms with E-state index < -0.39 is 6.10 Å². The van der Waals surface area contributed by atoms with E-state index >= 15 is 0 Å². The second kappa shape index (κ2) is 5.01. The zero-order valence-electron chi connectivity index (χ0n) is 10.00. The Morgan fingerprint density at radius 3 is 2.94 bits per heavy atom. The zero-order chi connectivity index (χ0) is 12.3. The maximum atomic E-state index is 9.52. The van der Waals surface area contributed by atoms with Crippen molar-refractivity contribution >= 4 is 5.82 Å². The molecule has 2 aromatic rings. The minimum absolute atomic E-state index is 0.478. The lowest BCUT2D eigenvalue weighted by atomic mass is 10.2. The van der Waals surface area contributed by atoms with Crippen LogP contribution in [0.5, 0.6) is 0 Å². The highest BCUT2D eigenvalue weighted by Gasteiger charge is 2.08. The smallest absolute Gasteiger partial charge is 0.128 e. The molecule has 17 heavy (non-hydrogen) atoms. The van der Waals surface area contributed by atoms with Gasteiger partial charge in [-0.05, 0) is 36.8 Å². The van der Waals surface area contributed by atoms with E-state index in [2.05, 4.69) is 4.98 Å². The number of furan rings is 1. The number of rotatable bonds is 4. The lowest BCUT2D eigenvalue weighted by Gasteiger charge is -2.17. The Hall–Kier alpha value is -1.81. The summed E-state index contributed by atoms with van der Waals surface area (Å²) in [6.45, 7) is 2.40. The number of pyridine rings is 1. The molecule has 0 aliphatic carbocycles. The first kappa shape index (κ1) is 11.7. The van der Waals surface area contributed by atoms with Crippen LogP contribution in [-0.4, -0.2) is 17.1 Å². The number of aromatic nitrogens is 1. The summed E-state index contributed by atoms with van der Waals surface area (Å²) in [4.78, 5) is 6.25. The number of anilines is 1. The van der Waals surface area contributed by atoms with Crippen LogP contribution in [0.25, 0.3) is 0 Å². The van der Waals surface area contributed by atoms with E-state index in [0.29, 0.717) is 6.54 Å². The fourth-order valence-electron chi connectivity index (χ4n) is 1.62. The first-order chi connectivity index (χ1) is 8.16. The predicted molar refractivity (Wildman–Crippen MR) is 65.7 cm³/mol. The highest BCUT2D eigenvalue weighted by atomic mass is 16.3. The molecule has 0 radical (unpaired) electrons. The Kier molecular flexibility index (Phi) is 3.44. The van der Waals surface area contributed by atoms with Gasteiger partial charge in [-0.1, -0.05) is 0 Å². The van der Waals surface area contributed by atoms with Gasteiger partial charge >= 0.3 is 0 Å². The SMILES string of the molecule is CC(O)c1ccnc(N(C)Cc2ccco2)c1. The van der Waals surface area contributed by atoms with Crippen molar-refractivity contribution in [1.82, 2.24) is 4.98 Å². The number of hydrogen-bond acceptors (Lipinski definition) is 4. The third-order valence-electron chi connectivity index (χ3n) is 2.62. The molecule has 0 aliphatic heterocycles. The summed E-state index contributed by atoms with van der Waals surface area (Å²) in [5.74, 6) is 1.71. The third kappa shape index (κ3) is 2.85. The fraction of sp³-hybridized carbons (Fsp3) is 0.308. The molecule has 1 unspecified atom stereocenters. The van der Waals surface area contributed by atoms with Crippen LogP contribution in [0, 0.1) is 0 Å². The van der Waals surface area contributed by atoms with Crippen LogP contribution in [0.15, 0.2) is 41.1 Å². The van der Waals surface area contributed by atoms with Gasteiger partial charge in [-0.3, -0.25) is 0 Å². The molecule has 2 aromatic heterocycles. The summed E-state index contributed by atoms with van der Waals surface area (Å²) in [6, 6.07) is 7.49. The minimum Gasteiger partial charge on any atom is -0.467 e. The van der Waals surface area contributed by atoms with Gasteiger partial charge in [0.05, 0.1) is 18.9 Å². The molecular formula is C13H16N2O2. The number of nitrogens with zero attached hydrogens (tertiary/aromatic N) is 2. The van der Waals surface area contributed by atoms with Crippen molar-refractivity contribution in [1.29, 1.82) is 0 Å². The molecule has 1 N–H and O–H groups in total. The molecule has 0 saturated heterocycles. The maximum absolute atomic E-state index is 9.52. The van der Waals surface area contributed by atoms with E-state index in [1.807, 2.05) is 36.2 Å². The topological polar surface area (TPSA) is 49.5 Å². The van der Waals surface area contributed by atoms with Crippen LogP contribution in [0.1, 0.15) is 24.4 Å². The predicted octanol–water partition coefficient (Wildman–Crippen LogP) is 2.36. The molecule has 0 fully saturated rings. The van der Waals surface area contributed by atoms with E-state index in [0.717, 1.165) is 17.1 Å². The summed E-state index contributed by atoms with van der Waals surface area (Å²) in [5, 5.41) is 9.52. The van der Waals surface area contributed by atoms with Crippen LogP contribution < -0.4 is 4.90 Å². The monoisotopic (exact) mass is 232 g/mol. The Balaban J connectivity index is 2.13. The summed E-state index contributed by atoms with van der Waals surface area (Å²) in [7, 11) is 1.94. The molecule has 0 saturated carbocycles. The van der Waals surface area contributed by atoms with Crippen molar-refractivity contribution in [2.24, 2.45) is 0 Å². The minimum atomic E-state index is -0.478. The summed E-state index contributed by atoms with van der Waals surface area (Å²) >= 11 is 0. The molecule has 0 aliphatic rings. The average molecular weight is 232 g/mol. The van der Waals surface area contributed by atoms with E-state index in [-0.39, 0.29) is 0 Å². The largest absolute Gasteiger partial charge is 0.467 e. The van der Waals surface area contributed by atoms with E-state index in [1.165, 1.54) is 0 Å². The molecule has 0 bridgehead atoms. The van der Waals surface area contributed by atoms with Crippen molar-refractivity contribution in [3.63, 3.8) is 0 Å². The standard InChI is InChI=1S/C13H16N2O2/c1-10(16)11-5-6-14-13(8-11)15(2)9-12-4-3-7-17-12/h3-8,10,16H,9H2,1-2H3. The van der Waals surface area contributed by atoms with Gasteiger partial charge in [0.2, 0.25) is 0 Å². The van der Waals surface area contributed by atoms with Gasteiger partial charge in [0.1, 0.15) is 11.6 Å². The van der Waals surface area contributed by atoms with E-state index in [4.69, 9.17) is 4.42 Å². The zero-order valence-corrected chi connectivity index (χ0v) is 10.00. The van der Waals surface area contributed by atoms with Crippen molar-refractivity contribution < 1.29 is 9.52 Å². The van der Waals surface area contributed by atoms with Crippen LogP contribution in [-0.2, 0) is 6.54 Å². The van der Waals surface area contributed by atoms with Gasteiger partial charge in [0, 0.05) is 13.2 Å². The lowest BCUT2D eigenvalue weighted by molar-refractivity contribution is 0.199. The first-order valence-electron chi connectivity index (χ1n) is 5.54. The highest BCUT2D eigenvalue weighted by Crippen LogP contribution is 2.18. The molecule has 90 valence electrons. The molecule has 2 heterocycles. The Morgan fingerprint density at radius 2 is 2.29 bits per heavy atom. The maximum Gasteiger partial charge on any atom is 0.128 e. The molecule has 0 aromatic carbocycles. The molecule has 2 rings (SSSR count). The lowest BCUT2D eigenvalue weighted by Crippen LogP contribution is -2.17. The van der Waals surface area contributed by atoms with Crippen LogP contribution >= 0.6 is 0 Å². The summed E-state index contributed by atoms with van der Waals surface area (Å²) < 4.78 is 5.28. The second-order valence-corrected chi connectivity index (χ2v) is 4.06. The van der Waals surface area contributed by atoms with Crippen molar-refractivity contribution in [2.75, 3.05) is 11.9 Å². The second-order valence-electron chi connectivity index (χ2n) is 4.06. The average Bonchev–Trinajstić information content (AvgIpc) is 2.82. The van der Waals surface area contributed by atoms with Crippen LogP contribution in [0.4, 0.5) is 5.82 Å². The third-order valence-corrected chi connectivity index (χ3v) is 2.62. The molecule has 4 nitrogen and oxygen atoms in total. The molecule has 0 spiro atoms. The molecule has 0 amide bonds. The summed E-state index contributed by atoms with van der Waals surface area (Å²) in [6.07, 6.45) is 2.88. The number of aliphatic hydroxyl groups is 1. The van der Waals surface area contributed by atoms with Gasteiger partial charge < -0.3 is 14.4 Å². The van der Waals surface area contributed by atoms with Crippen LogP contribution in [0.3, 0.4) is 0 Å². The summed E-state index contributed by atoms with van der Waals surface area (Å²) in [5.41, 5.74) is 0.862. The highest BCUT2D eigenvalue weighted by molar-refractivity contribution is 5.40. The van der Waals surface area contributed by atoms with E-state index in [1.54, 1.807) is 19.4 Å². The van der Waals surface area contributed by atoms with Crippen LogP contribution in [0.2, 0.25) is 0 Å². The Morgan fingerprint density at radius 1 is 1.47 bits per heavy atom. The van der Waals surface area contributed by atoms with Gasteiger partial charge in [-0.2, -0.15) is 0 Å². The van der Waals surface area contributed by atoms with Crippen molar-refractivity contribution in [3.05, 3.63) is 48.0 Å². The van der Waals surface area contributed by atoms with Gasteiger partial charge in [0.25, 0.3) is 0 Å². The molecule has 4 heteroatoms. The van der Waals surface area contributed by atoms with Crippen molar-refractivity contribution in [2.45, 2.75) is 19.6 Å². The Labute approximate surface area is 101 Å². The normalized spacial score (nSPS) is 12.4. The first-order valence-corrected chi connectivity index (χ1v) is 5.54. The Bertz CT molecular complexity index is 466. The fourth-order valence-corrected chi connectivity index (χ4v) is 1.62. The van der Waals surface area contributed by atoms with E-state index in [9.17, 15) is 5.11 Å². The van der Waals surface area contributed by atoms with Crippen molar-refractivity contribution in [3.8, 4) is 0 Å². The van der Waals surface area contributed by atoms with Gasteiger partial charge in [0.15, 0.2) is 0 Å². The molecular weight excluding hydrogens is 216 g/mol. The number of aliphatic hydroxyl groups excluding tert-OH is 1. The quantitative estimate of drug-likeness (QED) is 0.879. The molecule has 1 atom stereocenters.